The van der Waals surface area contributed by atoms with Crippen LogP contribution in [0.1, 0.15) is 24.8 Å². The first-order valence-corrected chi connectivity index (χ1v) is 12.7. The highest BCUT2D eigenvalue weighted by Gasteiger charge is 2.27. The largest absolute Gasteiger partial charge is 0.356 e. The summed E-state index contributed by atoms with van der Waals surface area (Å²) < 4.78 is 0. The minimum absolute atomic E-state index is 0.0310. The number of H-pyrrole nitrogens is 1. The number of hydrogen-bond donors (Lipinski definition) is 2. The molecule has 1 atom stereocenters. The van der Waals surface area contributed by atoms with Gasteiger partial charge in [-0.25, -0.2) is 4.98 Å². The van der Waals surface area contributed by atoms with Gasteiger partial charge in [-0.2, -0.15) is 0 Å². The number of carbonyl (C=O) groups excluding carboxylic acids is 1. The molecule has 1 unspecified atom stereocenters. The number of hydrogen-bond acceptors (Lipinski definition) is 5. The molecule has 0 saturated carbocycles. The van der Waals surface area contributed by atoms with Gasteiger partial charge in [0.1, 0.15) is 0 Å². The Hall–Kier alpha value is -2.90. The Kier molecular flexibility index (Phi) is 7.41. The number of piperidine rings is 1. The number of benzene rings is 2. The summed E-state index contributed by atoms with van der Waals surface area (Å²) in [6.07, 6.45) is 2.97. The molecule has 3 aromatic rings. The van der Waals surface area contributed by atoms with Crippen molar-refractivity contribution in [2.24, 2.45) is 5.92 Å². The quantitative estimate of drug-likeness (QED) is 0.506. The zero-order valence-corrected chi connectivity index (χ0v) is 20.0. The zero-order chi connectivity index (χ0) is 23.2. The van der Waals surface area contributed by atoms with Gasteiger partial charge >= 0.3 is 0 Å². The Bertz CT molecular complexity index is 1030. The number of nitrogens with one attached hydrogen (secondary N) is 2. The number of imidazole rings is 1. The summed E-state index contributed by atoms with van der Waals surface area (Å²) in [6.45, 7) is 8.96. The number of aromatic amines is 1. The maximum absolute atomic E-state index is 12.8. The molecule has 34 heavy (non-hydrogen) atoms. The lowest BCUT2D eigenvalue weighted by Gasteiger charge is -2.35. The monoisotopic (exact) mass is 460 g/mol. The van der Waals surface area contributed by atoms with Gasteiger partial charge in [0.25, 0.3) is 0 Å². The minimum atomic E-state index is 0.0310. The second-order valence-electron chi connectivity index (χ2n) is 9.61. The normalized spacial score (nSPS) is 20.0. The molecule has 2 fully saturated rings. The molecule has 2 N–H and O–H groups in total. The Morgan fingerprint density at radius 2 is 1.74 bits per heavy atom. The predicted molar refractivity (Wildman–Crippen MR) is 137 cm³/mol. The van der Waals surface area contributed by atoms with Gasteiger partial charge in [0.15, 0.2) is 0 Å². The summed E-state index contributed by atoms with van der Waals surface area (Å²) in [6, 6.07) is 18.8. The van der Waals surface area contributed by atoms with E-state index in [0.717, 1.165) is 95.1 Å². The third kappa shape index (κ3) is 5.77. The number of para-hydroxylation sites is 2. The van der Waals surface area contributed by atoms with Gasteiger partial charge in [0.2, 0.25) is 11.9 Å². The molecule has 0 bridgehead atoms. The van der Waals surface area contributed by atoms with E-state index < -0.39 is 0 Å². The van der Waals surface area contributed by atoms with Gasteiger partial charge < -0.3 is 20.1 Å². The fourth-order valence-electron chi connectivity index (χ4n) is 5.14. The van der Waals surface area contributed by atoms with Crippen molar-refractivity contribution >= 4 is 22.9 Å². The van der Waals surface area contributed by atoms with Crippen molar-refractivity contribution < 1.29 is 4.79 Å². The first kappa shape index (κ1) is 22.9. The van der Waals surface area contributed by atoms with Crippen LogP contribution in [0.2, 0.25) is 0 Å². The molecule has 7 nitrogen and oxygen atoms in total. The number of fused-ring (bicyclic) bond motifs is 1. The Balaban J connectivity index is 1.01. The summed E-state index contributed by atoms with van der Waals surface area (Å²) in [7, 11) is 0. The van der Waals surface area contributed by atoms with Crippen LogP contribution in [0.25, 0.3) is 11.0 Å². The van der Waals surface area contributed by atoms with E-state index in [1.165, 1.54) is 5.56 Å². The maximum Gasteiger partial charge on any atom is 0.224 e. The summed E-state index contributed by atoms with van der Waals surface area (Å²) in [5.41, 5.74) is 3.41. The topological polar surface area (TPSA) is 67.5 Å². The van der Waals surface area contributed by atoms with E-state index in [4.69, 9.17) is 4.98 Å². The lowest BCUT2D eigenvalue weighted by molar-refractivity contribution is -0.125. The van der Waals surface area contributed by atoms with E-state index in [-0.39, 0.29) is 11.8 Å². The highest BCUT2D eigenvalue weighted by molar-refractivity contribution is 5.80. The molecule has 5 rings (SSSR count). The molecule has 180 valence electrons. The smallest absolute Gasteiger partial charge is 0.224 e. The van der Waals surface area contributed by atoms with Crippen molar-refractivity contribution in [3.8, 4) is 0 Å². The zero-order valence-electron chi connectivity index (χ0n) is 20.0. The minimum Gasteiger partial charge on any atom is -0.356 e. The molecule has 2 aromatic carbocycles. The average molecular weight is 461 g/mol. The second-order valence-corrected chi connectivity index (χ2v) is 9.61. The van der Waals surface area contributed by atoms with Crippen LogP contribution in [-0.2, 0) is 11.3 Å². The van der Waals surface area contributed by atoms with E-state index >= 15 is 0 Å². The third-order valence-corrected chi connectivity index (χ3v) is 7.13. The van der Waals surface area contributed by atoms with E-state index in [9.17, 15) is 4.79 Å². The van der Waals surface area contributed by atoms with Gasteiger partial charge in [-0.15, -0.1) is 0 Å². The molecule has 2 saturated heterocycles. The summed E-state index contributed by atoms with van der Waals surface area (Å²) in [4.78, 5) is 28.2. The van der Waals surface area contributed by atoms with E-state index in [2.05, 4.69) is 55.3 Å². The fraction of sp³-hybridized carbons (Fsp3) is 0.481. The van der Waals surface area contributed by atoms with Crippen LogP contribution in [-0.4, -0.2) is 78.0 Å². The van der Waals surface area contributed by atoms with Crippen LogP contribution < -0.4 is 10.2 Å². The van der Waals surface area contributed by atoms with E-state index in [0.29, 0.717) is 0 Å². The number of amides is 1. The molecule has 3 heterocycles. The summed E-state index contributed by atoms with van der Waals surface area (Å²) >= 11 is 0. The van der Waals surface area contributed by atoms with Gasteiger partial charge in [-0.3, -0.25) is 9.69 Å². The van der Waals surface area contributed by atoms with Crippen LogP contribution in [0.15, 0.2) is 54.6 Å². The number of piperazine rings is 1. The summed E-state index contributed by atoms with van der Waals surface area (Å²) in [5, 5.41) is 3.20. The number of nitrogens with zero attached hydrogens (tertiary/aromatic N) is 4. The first-order chi connectivity index (χ1) is 16.7. The maximum atomic E-state index is 12.8. The highest BCUT2D eigenvalue weighted by Crippen LogP contribution is 2.23. The molecular formula is C27H36N6O. The SMILES string of the molecule is O=C(NCCCN1CCN(Cc2ccccc2)CC1)C1CCCN(c2nc3ccccc3[nH]2)C1. The predicted octanol–water partition coefficient (Wildman–Crippen LogP) is 3.10. The molecule has 1 aromatic heterocycles. The highest BCUT2D eigenvalue weighted by atomic mass is 16.1. The van der Waals surface area contributed by atoms with E-state index in [1.54, 1.807) is 0 Å². The third-order valence-electron chi connectivity index (χ3n) is 7.13. The lowest BCUT2D eigenvalue weighted by Crippen LogP contribution is -2.47. The van der Waals surface area contributed by atoms with E-state index in [1.807, 2.05) is 24.3 Å². The standard InChI is InChI=1S/C27H36N6O/c34-26(23-10-6-15-33(21-23)27-29-24-11-4-5-12-25(24)30-27)28-13-7-14-31-16-18-32(19-17-31)20-22-8-2-1-3-9-22/h1-5,8-9,11-12,23H,6-7,10,13-21H2,(H,28,34)(H,29,30). The van der Waals surface area contributed by atoms with Crippen molar-refractivity contribution in [1.29, 1.82) is 0 Å². The van der Waals surface area contributed by atoms with Crippen LogP contribution in [0.4, 0.5) is 5.95 Å². The van der Waals surface area contributed by atoms with Crippen LogP contribution in [0.3, 0.4) is 0 Å². The van der Waals surface area contributed by atoms with Crippen molar-refractivity contribution in [2.45, 2.75) is 25.8 Å². The number of rotatable bonds is 8. The van der Waals surface area contributed by atoms with Gasteiger partial charge in [-0.1, -0.05) is 42.5 Å². The molecule has 0 spiro atoms. The van der Waals surface area contributed by atoms with Crippen LogP contribution in [0.5, 0.6) is 0 Å². The van der Waals surface area contributed by atoms with Gasteiger partial charge in [0, 0.05) is 52.4 Å². The first-order valence-electron chi connectivity index (χ1n) is 12.7. The van der Waals surface area contributed by atoms with Crippen LogP contribution >= 0.6 is 0 Å². The molecule has 2 aliphatic heterocycles. The second kappa shape index (κ2) is 11.0. The Labute approximate surface area is 202 Å². The van der Waals surface area contributed by atoms with Crippen molar-refractivity contribution in [3.05, 3.63) is 60.2 Å². The lowest BCUT2D eigenvalue weighted by atomic mass is 9.97. The molecular weight excluding hydrogens is 424 g/mol. The summed E-state index contributed by atoms with van der Waals surface area (Å²) in [5.74, 6) is 1.10. The molecule has 0 aliphatic carbocycles. The molecule has 1 amide bonds. The number of carbonyl (C=O) groups is 1. The Morgan fingerprint density at radius 3 is 2.56 bits per heavy atom. The van der Waals surface area contributed by atoms with Crippen molar-refractivity contribution in [1.82, 2.24) is 25.1 Å². The molecule has 2 aliphatic rings. The molecule has 0 radical (unpaired) electrons. The average Bonchev–Trinajstić information content (AvgIpc) is 3.33. The number of anilines is 1. The van der Waals surface area contributed by atoms with Crippen LogP contribution in [0, 0.1) is 5.92 Å². The van der Waals surface area contributed by atoms with Gasteiger partial charge in [0.05, 0.1) is 17.0 Å². The fourth-order valence-corrected chi connectivity index (χ4v) is 5.14. The van der Waals surface area contributed by atoms with Crippen molar-refractivity contribution in [3.63, 3.8) is 0 Å². The number of aromatic nitrogens is 2. The Morgan fingerprint density at radius 1 is 0.971 bits per heavy atom. The van der Waals surface area contributed by atoms with Gasteiger partial charge in [-0.05, 0) is 43.5 Å². The van der Waals surface area contributed by atoms with Crippen molar-refractivity contribution in [2.75, 3.05) is 57.3 Å². The molecule has 7 heteroatoms.